The zero-order chi connectivity index (χ0) is 12.8. The Kier molecular flexibility index (Phi) is 5.67. The number of nitrogens with one attached hydrogen (secondary N) is 1. The fourth-order valence-electron chi connectivity index (χ4n) is 2.44. The molecule has 1 aromatic carbocycles. The summed E-state index contributed by atoms with van der Waals surface area (Å²) in [5.74, 6) is 0. The van der Waals surface area contributed by atoms with Crippen molar-refractivity contribution >= 4 is 15.9 Å². The summed E-state index contributed by atoms with van der Waals surface area (Å²) in [6.45, 7) is 8.14. The molecule has 0 aromatic heterocycles. The Morgan fingerprint density at radius 3 is 2.72 bits per heavy atom. The number of halogens is 1. The van der Waals surface area contributed by atoms with Gasteiger partial charge >= 0.3 is 0 Å². The van der Waals surface area contributed by atoms with Gasteiger partial charge in [-0.05, 0) is 49.9 Å². The molecule has 1 heterocycles. The molecule has 100 valence electrons. The van der Waals surface area contributed by atoms with Crippen molar-refractivity contribution in [2.45, 2.75) is 26.2 Å². The highest BCUT2D eigenvalue weighted by atomic mass is 79.9. The van der Waals surface area contributed by atoms with Crippen molar-refractivity contribution in [3.05, 3.63) is 33.8 Å². The second-order valence-electron chi connectivity index (χ2n) is 5.14. The molecule has 1 N–H and O–H groups in total. The van der Waals surface area contributed by atoms with Crippen LogP contribution < -0.4 is 5.32 Å². The summed E-state index contributed by atoms with van der Waals surface area (Å²) in [7, 11) is 0. The van der Waals surface area contributed by atoms with Gasteiger partial charge in [0.1, 0.15) is 0 Å². The third-order valence-corrected chi connectivity index (χ3v) is 4.33. The van der Waals surface area contributed by atoms with E-state index in [-0.39, 0.29) is 0 Å². The van der Waals surface area contributed by atoms with Crippen LogP contribution in [0.4, 0.5) is 0 Å². The number of aryl methyl sites for hydroxylation is 2. The Morgan fingerprint density at radius 2 is 2.00 bits per heavy atom. The third kappa shape index (κ3) is 4.38. The van der Waals surface area contributed by atoms with Gasteiger partial charge in [0.25, 0.3) is 0 Å². The first-order valence-electron chi connectivity index (χ1n) is 6.94. The molecular weight excluding hydrogens is 288 g/mol. The van der Waals surface area contributed by atoms with Gasteiger partial charge in [-0.1, -0.05) is 28.1 Å². The molecule has 18 heavy (non-hydrogen) atoms. The molecule has 1 aliphatic heterocycles. The van der Waals surface area contributed by atoms with Crippen molar-refractivity contribution in [1.82, 2.24) is 10.2 Å². The van der Waals surface area contributed by atoms with Gasteiger partial charge in [0.05, 0.1) is 0 Å². The molecule has 0 bridgehead atoms. The largest absolute Gasteiger partial charge is 0.314 e. The van der Waals surface area contributed by atoms with Crippen molar-refractivity contribution in [3.63, 3.8) is 0 Å². The molecule has 1 aromatic rings. The van der Waals surface area contributed by atoms with E-state index >= 15 is 0 Å². The molecule has 0 saturated carbocycles. The summed E-state index contributed by atoms with van der Waals surface area (Å²) in [5.41, 5.74) is 2.77. The zero-order valence-electron chi connectivity index (χ0n) is 11.2. The fourth-order valence-corrected chi connectivity index (χ4v) is 3.13. The van der Waals surface area contributed by atoms with Gasteiger partial charge < -0.3 is 10.2 Å². The molecular formula is C15H23BrN2. The van der Waals surface area contributed by atoms with Gasteiger partial charge in [0.2, 0.25) is 0 Å². The first kappa shape index (κ1) is 14.0. The maximum absolute atomic E-state index is 3.66. The minimum atomic E-state index is 1.16. The molecule has 0 unspecified atom stereocenters. The molecule has 3 heteroatoms. The van der Waals surface area contributed by atoms with Crippen LogP contribution in [0, 0.1) is 6.92 Å². The molecule has 1 fully saturated rings. The smallest absolute Gasteiger partial charge is 0.0209 e. The average Bonchev–Trinajstić information content (AvgIpc) is 2.38. The summed E-state index contributed by atoms with van der Waals surface area (Å²) in [6, 6.07) is 6.67. The molecule has 0 atom stereocenters. The second kappa shape index (κ2) is 7.27. The van der Waals surface area contributed by atoms with Crippen molar-refractivity contribution in [2.24, 2.45) is 0 Å². The number of benzene rings is 1. The Balaban J connectivity index is 1.68. The van der Waals surface area contributed by atoms with Crippen molar-refractivity contribution in [1.29, 1.82) is 0 Å². The second-order valence-corrected chi connectivity index (χ2v) is 6.00. The number of unbranched alkanes of at least 4 members (excludes halogenated alkanes) is 1. The van der Waals surface area contributed by atoms with Gasteiger partial charge in [-0.2, -0.15) is 0 Å². The van der Waals surface area contributed by atoms with Crippen molar-refractivity contribution in [3.8, 4) is 0 Å². The van der Waals surface area contributed by atoms with Crippen LogP contribution in [0.2, 0.25) is 0 Å². The summed E-state index contributed by atoms with van der Waals surface area (Å²) in [4.78, 5) is 2.57. The number of piperazine rings is 1. The first-order chi connectivity index (χ1) is 8.75. The molecule has 0 radical (unpaired) electrons. The van der Waals surface area contributed by atoms with E-state index in [0.29, 0.717) is 0 Å². The highest BCUT2D eigenvalue weighted by Gasteiger charge is 2.08. The minimum Gasteiger partial charge on any atom is -0.314 e. The van der Waals surface area contributed by atoms with Crippen LogP contribution in [-0.4, -0.2) is 37.6 Å². The van der Waals surface area contributed by atoms with Crippen LogP contribution >= 0.6 is 15.9 Å². The highest BCUT2D eigenvalue weighted by molar-refractivity contribution is 9.10. The monoisotopic (exact) mass is 310 g/mol. The quantitative estimate of drug-likeness (QED) is 0.841. The Morgan fingerprint density at radius 1 is 1.22 bits per heavy atom. The normalized spacial score (nSPS) is 17.0. The summed E-state index contributed by atoms with van der Waals surface area (Å²) >= 11 is 3.66. The molecule has 0 spiro atoms. The lowest BCUT2D eigenvalue weighted by Gasteiger charge is -2.27. The maximum Gasteiger partial charge on any atom is 0.0209 e. The van der Waals surface area contributed by atoms with Crippen LogP contribution in [-0.2, 0) is 6.42 Å². The lowest BCUT2D eigenvalue weighted by atomic mass is 10.1. The molecule has 1 aliphatic rings. The van der Waals surface area contributed by atoms with Gasteiger partial charge in [-0.3, -0.25) is 0 Å². The maximum atomic E-state index is 3.66. The van der Waals surface area contributed by atoms with Crippen molar-refractivity contribution < 1.29 is 0 Å². The van der Waals surface area contributed by atoms with Crippen LogP contribution in [0.15, 0.2) is 22.7 Å². The third-order valence-electron chi connectivity index (χ3n) is 3.59. The predicted molar refractivity (Wildman–Crippen MR) is 81.1 cm³/mol. The zero-order valence-corrected chi connectivity index (χ0v) is 12.8. The molecule has 2 rings (SSSR count). The van der Waals surface area contributed by atoms with E-state index < -0.39 is 0 Å². The standard InChI is InChI=1S/C15H23BrN2/c1-13-5-6-14(15(16)12-13)4-2-3-9-18-10-7-17-8-11-18/h5-6,12,17H,2-4,7-11H2,1H3. The van der Waals surface area contributed by atoms with Gasteiger partial charge in [-0.15, -0.1) is 0 Å². The topological polar surface area (TPSA) is 15.3 Å². The van der Waals surface area contributed by atoms with E-state index in [1.54, 1.807) is 0 Å². The Bertz CT molecular complexity index is 373. The molecule has 0 amide bonds. The van der Waals surface area contributed by atoms with Gasteiger partial charge in [-0.25, -0.2) is 0 Å². The van der Waals surface area contributed by atoms with Gasteiger partial charge in [0, 0.05) is 30.7 Å². The Labute approximate surface area is 119 Å². The minimum absolute atomic E-state index is 1.16. The first-order valence-corrected chi connectivity index (χ1v) is 7.73. The number of rotatable bonds is 5. The van der Waals surface area contributed by atoms with Crippen LogP contribution in [0.5, 0.6) is 0 Å². The lowest BCUT2D eigenvalue weighted by Crippen LogP contribution is -2.43. The highest BCUT2D eigenvalue weighted by Crippen LogP contribution is 2.20. The van der Waals surface area contributed by atoms with Crippen LogP contribution in [0.1, 0.15) is 24.0 Å². The molecule has 0 aliphatic carbocycles. The van der Waals surface area contributed by atoms with Crippen molar-refractivity contribution in [2.75, 3.05) is 32.7 Å². The number of hydrogen-bond acceptors (Lipinski definition) is 2. The predicted octanol–water partition coefficient (Wildman–Crippen LogP) is 2.99. The molecule has 2 nitrogen and oxygen atoms in total. The molecule has 1 saturated heterocycles. The lowest BCUT2D eigenvalue weighted by molar-refractivity contribution is 0.237. The van der Waals surface area contributed by atoms with E-state index in [0.717, 1.165) is 13.1 Å². The van der Waals surface area contributed by atoms with Crippen LogP contribution in [0.3, 0.4) is 0 Å². The fraction of sp³-hybridized carbons (Fsp3) is 0.600. The summed E-state index contributed by atoms with van der Waals surface area (Å²) in [5, 5.41) is 3.40. The average molecular weight is 311 g/mol. The SMILES string of the molecule is Cc1ccc(CCCCN2CCNCC2)c(Br)c1. The van der Waals surface area contributed by atoms with E-state index in [4.69, 9.17) is 0 Å². The summed E-state index contributed by atoms with van der Waals surface area (Å²) < 4.78 is 1.27. The van der Waals surface area contributed by atoms with Crippen LogP contribution in [0.25, 0.3) is 0 Å². The number of hydrogen-bond donors (Lipinski definition) is 1. The Hall–Kier alpha value is -0.380. The number of nitrogens with zero attached hydrogens (tertiary/aromatic N) is 1. The van der Waals surface area contributed by atoms with Gasteiger partial charge in [0.15, 0.2) is 0 Å². The summed E-state index contributed by atoms with van der Waals surface area (Å²) in [6.07, 6.45) is 3.78. The van der Waals surface area contributed by atoms with E-state index in [1.807, 2.05) is 0 Å². The van der Waals surface area contributed by atoms with E-state index in [2.05, 4.69) is 51.3 Å². The van der Waals surface area contributed by atoms with E-state index in [1.165, 1.54) is 54.5 Å². The van der Waals surface area contributed by atoms with E-state index in [9.17, 15) is 0 Å².